The topological polar surface area (TPSA) is 92.7 Å². The summed E-state index contributed by atoms with van der Waals surface area (Å²) >= 11 is 1.40. The van der Waals surface area contributed by atoms with Gasteiger partial charge in [-0.2, -0.15) is 0 Å². The van der Waals surface area contributed by atoms with Crippen LogP contribution in [0.4, 0.5) is 5.00 Å². The van der Waals surface area contributed by atoms with Crippen LogP contribution >= 0.6 is 11.3 Å². The van der Waals surface area contributed by atoms with Gasteiger partial charge in [0, 0.05) is 11.3 Å². The minimum Gasteiger partial charge on any atom is -0.481 e. The molecule has 1 aliphatic carbocycles. The number of carbonyl (C=O) groups excluding carboxylic acids is 2. The lowest BCUT2D eigenvalue weighted by molar-refractivity contribution is -0.138. The molecule has 1 amide bonds. The number of hydrogen-bond donors (Lipinski definition) is 2. The molecule has 0 aromatic carbocycles. The summed E-state index contributed by atoms with van der Waals surface area (Å²) in [5, 5.41) is 11.8. The molecular weight excluding hydrogens is 318 g/mol. The number of hydrogen-bond acceptors (Lipinski definition) is 5. The first-order valence-electron chi connectivity index (χ1n) is 7.75. The molecule has 0 aliphatic heterocycles. The molecule has 0 saturated heterocycles. The zero-order valence-corrected chi connectivity index (χ0v) is 14.1. The van der Waals surface area contributed by atoms with E-state index >= 15 is 0 Å². The third-order valence-electron chi connectivity index (χ3n) is 3.54. The maximum Gasteiger partial charge on any atom is 0.341 e. The second-order valence-electron chi connectivity index (χ2n) is 5.81. The van der Waals surface area contributed by atoms with Crippen LogP contribution in [0.5, 0.6) is 0 Å². The number of esters is 1. The summed E-state index contributed by atoms with van der Waals surface area (Å²) in [6.07, 6.45) is 3.19. The highest BCUT2D eigenvalue weighted by Gasteiger charge is 2.27. The van der Waals surface area contributed by atoms with Crippen molar-refractivity contribution in [2.75, 3.05) is 5.32 Å². The van der Waals surface area contributed by atoms with Gasteiger partial charge in [-0.15, -0.1) is 11.3 Å². The molecule has 7 heteroatoms. The number of anilines is 1. The van der Waals surface area contributed by atoms with Crippen LogP contribution in [0, 0.1) is 0 Å². The molecule has 23 heavy (non-hydrogen) atoms. The summed E-state index contributed by atoms with van der Waals surface area (Å²) in [6.45, 7) is 3.56. The first-order chi connectivity index (χ1) is 10.9. The third-order valence-corrected chi connectivity index (χ3v) is 4.74. The molecule has 0 fully saturated rings. The van der Waals surface area contributed by atoms with Gasteiger partial charge in [0.25, 0.3) is 0 Å². The summed E-state index contributed by atoms with van der Waals surface area (Å²) in [4.78, 5) is 36.0. The van der Waals surface area contributed by atoms with Crippen molar-refractivity contribution in [3.8, 4) is 0 Å². The lowest BCUT2D eigenvalue weighted by atomic mass is 9.95. The van der Waals surface area contributed by atoms with Gasteiger partial charge in [0.2, 0.25) is 5.91 Å². The molecule has 126 valence electrons. The van der Waals surface area contributed by atoms with Crippen molar-refractivity contribution in [3.05, 3.63) is 16.0 Å². The number of aliphatic carboxylic acids is 1. The van der Waals surface area contributed by atoms with E-state index in [2.05, 4.69) is 5.32 Å². The van der Waals surface area contributed by atoms with E-state index < -0.39 is 17.8 Å². The second-order valence-corrected chi connectivity index (χ2v) is 6.92. The van der Waals surface area contributed by atoms with E-state index in [1.807, 2.05) is 0 Å². The fourth-order valence-electron chi connectivity index (χ4n) is 2.55. The van der Waals surface area contributed by atoms with E-state index in [0.717, 1.165) is 36.1 Å². The van der Waals surface area contributed by atoms with Gasteiger partial charge in [0.15, 0.2) is 0 Å². The van der Waals surface area contributed by atoms with Crippen LogP contribution in [0.25, 0.3) is 0 Å². The standard InChI is InChI=1S/C16H21NO5S/c1-9(2)22-16(21)14-10-5-3-4-6-11(10)23-15(14)17-12(18)7-8-13(19)20/h9H,3-8H2,1-2H3,(H,17,18)(H,19,20). The minimum absolute atomic E-state index is 0.115. The molecule has 1 aliphatic rings. The molecule has 0 unspecified atom stereocenters. The van der Waals surface area contributed by atoms with Gasteiger partial charge in [0.1, 0.15) is 5.00 Å². The predicted octanol–water partition coefficient (Wildman–Crippen LogP) is 3.00. The number of ether oxygens (including phenoxy) is 1. The Morgan fingerprint density at radius 3 is 2.57 bits per heavy atom. The maximum absolute atomic E-state index is 12.4. The van der Waals surface area contributed by atoms with E-state index in [-0.39, 0.29) is 18.9 Å². The molecule has 2 rings (SSSR count). The SMILES string of the molecule is CC(C)OC(=O)c1c(NC(=O)CCC(=O)O)sc2c1CCCC2. The van der Waals surface area contributed by atoms with E-state index in [9.17, 15) is 14.4 Å². The fourth-order valence-corrected chi connectivity index (χ4v) is 3.85. The van der Waals surface area contributed by atoms with Gasteiger partial charge in [-0.3, -0.25) is 9.59 Å². The molecule has 2 N–H and O–H groups in total. The number of fused-ring (bicyclic) bond motifs is 1. The number of rotatable bonds is 6. The van der Waals surface area contributed by atoms with Gasteiger partial charge < -0.3 is 15.2 Å². The molecule has 0 spiro atoms. The Bertz CT molecular complexity index is 620. The number of carboxylic acids is 1. The van der Waals surface area contributed by atoms with Crippen molar-refractivity contribution in [2.24, 2.45) is 0 Å². The molecule has 0 bridgehead atoms. The van der Waals surface area contributed by atoms with Gasteiger partial charge in [-0.25, -0.2) is 4.79 Å². The van der Waals surface area contributed by atoms with Crippen molar-refractivity contribution >= 4 is 34.2 Å². The molecule has 1 heterocycles. The Balaban J connectivity index is 2.23. The fraction of sp³-hybridized carbons (Fsp3) is 0.562. The molecular formula is C16H21NO5S. The van der Waals surface area contributed by atoms with Crippen molar-refractivity contribution in [1.29, 1.82) is 0 Å². The summed E-state index contributed by atoms with van der Waals surface area (Å²) in [6, 6.07) is 0. The molecule has 0 atom stereocenters. The Kier molecular flexibility index (Phi) is 5.76. The highest BCUT2D eigenvalue weighted by atomic mass is 32.1. The second kappa shape index (κ2) is 7.59. The summed E-state index contributed by atoms with van der Waals surface area (Å²) in [5.74, 6) is -1.84. The van der Waals surface area contributed by atoms with Gasteiger partial charge in [0.05, 0.1) is 18.1 Å². The number of amides is 1. The van der Waals surface area contributed by atoms with E-state index in [1.54, 1.807) is 13.8 Å². The lowest BCUT2D eigenvalue weighted by Crippen LogP contribution is -2.18. The van der Waals surface area contributed by atoms with Crippen molar-refractivity contribution in [2.45, 2.75) is 58.5 Å². The van der Waals surface area contributed by atoms with Crippen LogP contribution in [-0.2, 0) is 27.2 Å². The van der Waals surface area contributed by atoms with Gasteiger partial charge in [-0.05, 0) is 45.1 Å². The van der Waals surface area contributed by atoms with Crippen LogP contribution < -0.4 is 5.32 Å². The maximum atomic E-state index is 12.4. The molecule has 0 saturated carbocycles. The number of carboxylic acid groups (broad SMARTS) is 1. The van der Waals surface area contributed by atoms with Crippen molar-refractivity contribution < 1.29 is 24.2 Å². The van der Waals surface area contributed by atoms with E-state index in [1.165, 1.54) is 11.3 Å². The number of carbonyl (C=O) groups is 3. The molecule has 6 nitrogen and oxygen atoms in total. The largest absolute Gasteiger partial charge is 0.481 e. The number of aryl methyl sites for hydroxylation is 1. The Morgan fingerprint density at radius 1 is 1.22 bits per heavy atom. The quantitative estimate of drug-likeness (QED) is 0.777. The molecule has 1 aromatic rings. The highest BCUT2D eigenvalue weighted by Crippen LogP contribution is 2.38. The normalized spacial score (nSPS) is 13.5. The predicted molar refractivity (Wildman–Crippen MR) is 87.0 cm³/mol. The zero-order chi connectivity index (χ0) is 17.0. The monoisotopic (exact) mass is 339 g/mol. The third kappa shape index (κ3) is 4.54. The van der Waals surface area contributed by atoms with Crippen LogP contribution in [-0.4, -0.2) is 29.1 Å². The summed E-state index contributed by atoms with van der Waals surface area (Å²) in [5.41, 5.74) is 1.42. The van der Waals surface area contributed by atoms with Crippen LogP contribution in [0.15, 0.2) is 0 Å². The summed E-state index contributed by atoms with van der Waals surface area (Å²) in [7, 11) is 0. The highest BCUT2D eigenvalue weighted by molar-refractivity contribution is 7.17. The van der Waals surface area contributed by atoms with E-state index in [4.69, 9.17) is 9.84 Å². The molecule has 1 aromatic heterocycles. The first-order valence-corrected chi connectivity index (χ1v) is 8.57. The van der Waals surface area contributed by atoms with Gasteiger partial charge in [-0.1, -0.05) is 0 Å². The van der Waals surface area contributed by atoms with Crippen molar-refractivity contribution in [1.82, 2.24) is 0 Å². The number of thiophene rings is 1. The average Bonchev–Trinajstić information content (AvgIpc) is 2.82. The van der Waals surface area contributed by atoms with Gasteiger partial charge >= 0.3 is 11.9 Å². The van der Waals surface area contributed by atoms with Crippen LogP contribution in [0.3, 0.4) is 0 Å². The lowest BCUT2D eigenvalue weighted by Gasteiger charge is -2.14. The Morgan fingerprint density at radius 2 is 1.91 bits per heavy atom. The van der Waals surface area contributed by atoms with Crippen LogP contribution in [0.2, 0.25) is 0 Å². The zero-order valence-electron chi connectivity index (χ0n) is 13.3. The average molecular weight is 339 g/mol. The summed E-state index contributed by atoms with van der Waals surface area (Å²) < 4.78 is 5.30. The Labute approximate surface area is 138 Å². The van der Waals surface area contributed by atoms with Crippen LogP contribution in [0.1, 0.15) is 60.3 Å². The van der Waals surface area contributed by atoms with Crippen molar-refractivity contribution in [3.63, 3.8) is 0 Å². The first kappa shape index (κ1) is 17.5. The van der Waals surface area contributed by atoms with E-state index in [0.29, 0.717) is 10.6 Å². The minimum atomic E-state index is -1.02. The molecule has 0 radical (unpaired) electrons. The Hall–Kier alpha value is -1.89. The number of nitrogens with one attached hydrogen (secondary N) is 1. The smallest absolute Gasteiger partial charge is 0.341 e.